The van der Waals surface area contributed by atoms with Gasteiger partial charge in [0.15, 0.2) is 0 Å². The molecular formula is C17H18ClN3O3. The summed E-state index contributed by atoms with van der Waals surface area (Å²) in [6, 6.07) is 6.75. The van der Waals surface area contributed by atoms with Crippen molar-refractivity contribution in [3.05, 3.63) is 51.8 Å². The lowest BCUT2D eigenvalue weighted by Gasteiger charge is -2.34. The van der Waals surface area contributed by atoms with Crippen LogP contribution in [0.15, 0.2) is 24.3 Å². The van der Waals surface area contributed by atoms with E-state index in [0.717, 1.165) is 11.1 Å². The van der Waals surface area contributed by atoms with E-state index in [-0.39, 0.29) is 12.5 Å². The fourth-order valence-corrected chi connectivity index (χ4v) is 3.19. The second-order valence-electron chi connectivity index (χ2n) is 5.99. The SMILES string of the molecule is Cc1nn(CC(=O)N2Cc3ccccc3C[C@H]2C(=O)O)c(C)c1Cl. The average Bonchev–Trinajstić information content (AvgIpc) is 2.80. The number of benzene rings is 1. The van der Waals surface area contributed by atoms with Gasteiger partial charge in [0.1, 0.15) is 12.6 Å². The number of hydrogen-bond acceptors (Lipinski definition) is 3. The van der Waals surface area contributed by atoms with E-state index in [1.807, 2.05) is 24.3 Å². The van der Waals surface area contributed by atoms with Crippen LogP contribution in [0, 0.1) is 13.8 Å². The number of aromatic nitrogens is 2. The van der Waals surface area contributed by atoms with Crippen molar-refractivity contribution in [3.8, 4) is 0 Å². The fraction of sp³-hybridized carbons (Fsp3) is 0.353. The standard InChI is InChI=1S/C17H18ClN3O3/c1-10-16(18)11(2)21(19-10)9-15(22)20-8-13-6-4-3-5-12(13)7-14(20)17(23)24/h3-6,14H,7-9H2,1-2H3,(H,23,24)/t14-/m0/s1. The van der Waals surface area contributed by atoms with Crippen molar-refractivity contribution in [1.82, 2.24) is 14.7 Å². The molecule has 1 atom stereocenters. The van der Waals surface area contributed by atoms with Gasteiger partial charge >= 0.3 is 5.97 Å². The van der Waals surface area contributed by atoms with Crippen molar-refractivity contribution in [1.29, 1.82) is 0 Å². The number of fused-ring (bicyclic) bond motifs is 1. The molecule has 2 aromatic rings. The van der Waals surface area contributed by atoms with Crippen molar-refractivity contribution in [2.45, 2.75) is 39.4 Å². The van der Waals surface area contributed by atoms with Crippen LogP contribution in [0.2, 0.25) is 5.02 Å². The second-order valence-corrected chi connectivity index (χ2v) is 6.37. The van der Waals surface area contributed by atoms with Crippen LogP contribution in [0.1, 0.15) is 22.5 Å². The molecule has 1 aliphatic rings. The zero-order chi connectivity index (χ0) is 17.4. The summed E-state index contributed by atoms with van der Waals surface area (Å²) in [4.78, 5) is 25.8. The lowest BCUT2D eigenvalue weighted by atomic mass is 9.94. The van der Waals surface area contributed by atoms with Crippen molar-refractivity contribution in [2.24, 2.45) is 0 Å². The first-order valence-electron chi connectivity index (χ1n) is 7.67. The number of aliphatic carboxylic acids is 1. The quantitative estimate of drug-likeness (QED) is 0.923. The van der Waals surface area contributed by atoms with Gasteiger partial charge in [-0.15, -0.1) is 0 Å². The molecule has 0 unspecified atom stereocenters. The van der Waals surface area contributed by atoms with Gasteiger partial charge in [-0.05, 0) is 25.0 Å². The first-order valence-corrected chi connectivity index (χ1v) is 8.05. The summed E-state index contributed by atoms with van der Waals surface area (Å²) >= 11 is 6.11. The van der Waals surface area contributed by atoms with Crippen molar-refractivity contribution < 1.29 is 14.7 Å². The lowest BCUT2D eigenvalue weighted by Crippen LogP contribution is -2.49. The van der Waals surface area contributed by atoms with Gasteiger partial charge in [-0.1, -0.05) is 35.9 Å². The third kappa shape index (κ3) is 2.89. The highest BCUT2D eigenvalue weighted by molar-refractivity contribution is 6.31. The number of amides is 1. The lowest BCUT2D eigenvalue weighted by molar-refractivity contribution is -0.151. The third-order valence-corrected chi connectivity index (χ3v) is 4.98. The number of hydrogen-bond donors (Lipinski definition) is 1. The Hall–Kier alpha value is -2.34. The van der Waals surface area contributed by atoms with Crippen LogP contribution in [-0.2, 0) is 29.1 Å². The van der Waals surface area contributed by atoms with Gasteiger partial charge in [0.05, 0.1) is 16.4 Å². The molecule has 7 heteroatoms. The molecule has 24 heavy (non-hydrogen) atoms. The largest absolute Gasteiger partial charge is 0.480 e. The number of carboxylic acids is 1. The van der Waals surface area contributed by atoms with Gasteiger partial charge in [-0.2, -0.15) is 5.10 Å². The molecule has 0 spiro atoms. The summed E-state index contributed by atoms with van der Waals surface area (Å²) < 4.78 is 1.53. The minimum absolute atomic E-state index is 0.0225. The van der Waals surface area contributed by atoms with Crippen LogP contribution in [-0.4, -0.2) is 37.7 Å². The summed E-state index contributed by atoms with van der Waals surface area (Å²) in [5.74, 6) is -1.27. The van der Waals surface area contributed by atoms with Crippen molar-refractivity contribution in [2.75, 3.05) is 0 Å². The molecule has 0 bridgehead atoms. The molecule has 2 heterocycles. The summed E-state index contributed by atoms with van der Waals surface area (Å²) in [5, 5.41) is 14.3. The summed E-state index contributed by atoms with van der Waals surface area (Å²) in [7, 11) is 0. The Labute approximate surface area is 144 Å². The Morgan fingerprint density at radius 1 is 1.29 bits per heavy atom. The van der Waals surface area contributed by atoms with E-state index in [9.17, 15) is 14.7 Å². The fourth-order valence-electron chi connectivity index (χ4n) is 3.05. The predicted molar refractivity (Wildman–Crippen MR) is 88.8 cm³/mol. The van der Waals surface area contributed by atoms with Crippen LogP contribution in [0.4, 0.5) is 0 Å². The van der Waals surface area contributed by atoms with Crippen LogP contribution in [0.5, 0.6) is 0 Å². The highest BCUT2D eigenvalue weighted by Gasteiger charge is 2.34. The monoisotopic (exact) mass is 347 g/mol. The minimum atomic E-state index is -0.996. The number of nitrogens with zero attached hydrogens (tertiary/aromatic N) is 3. The highest BCUT2D eigenvalue weighted by atomic mass is 35.5. The molecule has 1 aromatic carbocycles. The maximum absolute atomic E-state index is 12.7. The molecule has 1 aliphatic heterocycles. The van der Waals surface area contributed by atoms with E-state index in [4.69, 9.17) is 11.6 Å². The first-order chi connectivity index (χ1) is 11.4. The van der Waals surface area contributed by atoms with Crippen LogP contribution < -0.4 is 0 Å². The van der Waals surface area contributed by atoms with E-state index < -0.39 is 12.0 Å². The van der Waals surface area contributed by atoms with Crippen LogP contribution in [0.3, 0.4) is 0 Å². The van der Waals surface area contributed by atoms with Gasteiger partial charge in [0, 0.05) is 13.0 Å². The molecule has 6 nitrogen and oxygen atoms in total. The van der Waals surface area contributed by atoms with Gasteiger partial charge in [-0.3, -0.25) is 9.48 Å². The topological polar surface area (TPSA) is 75.4 Å². The van der Waals surface area contributed by atoms with E-state index in [1.165, 1.54) is 9.58 Å². The Kier molecular flexibility index (Phi) is 4.32. The maximum atomic E-state index is 12.7. The normalized spacial score (nSPS) is 16.8. The number of rotatable bonds is 3. The molecule has 0 radical (unpaired) electrons. The molecule has 0 saturated carbocycles. The average molecular weight is 348 g/mol. The zero-order valence-corrected chi connectivity index (χ0v) is 14.2. The number of halogens is 1. The van der Waals surface area contributed by atoms with Gasteiger partial charge in [0.2, 0.25) is 5.91 Å². The summed E-state index contributed by atoms with van der Waals surface area (Å²) in [5.41, 5.74) is 3.31. The van der Waals surface area contributed by atoms with Gasteiger partial charge in [0.25, 0.3) is 0 Å². The summed E-state index contributed by atoms with van der Waals surface area (Å²) in [6.45, 7) is 3.83. The molecule has 0 saturated heterocycles. The molecule has 3 rings (SSSR count). The molecule has 1 N–H and O–H groups in total. The van der Waals surface area contributed by atoms with E-state index in [1.54, 1.807) is 13.8 Å². The Bertz CT molecular complexity index is 815. The Morgan fingerprint density at radius 3 is 2.54 bits per heavy atom. The van der Waals surface area contributed by atoms with E-state index in [0.29, 0.717) is 29.4 Å². The van der Waals surface area contributed by atoms with Crippen molar-refractivity contribution in [3.63, 3.8) is 0 Å². The Balaban J connectivity index is 1.87. The molecule has 0 aliphatic carbocycles. The van der Waals surface area contributed by atoms with E-state index in [2.05, 4.69) is 5.10 Å². The molecule has 1 aromatic heterocycles. The molecule has 126 valence electrons. The molecule has 0 fully saturated rings. The van der Waals surface area contributed by atoms with Crippen LogP contribution in [0.25, 0.3) is 0 Å². The third-order valence-electron chi connectivity index (χ3n) is 4.43. The first kappa shape index (κ1) is 16.5. The van der Waals surface area contributed by atoms with E-state index >= 15 is 0 Å². The number of carbonyl (C=O) groups is 2. The van der Waals surface area contributed by atoms with Crippen molar-refractivity contribution >= 4 is 23.5 Å². The molecule has 1 amide bonds. The second kappa shape index (κ2) is 6.28. The highest BCUT2D eigenvalue weighted by Crippen LogP contribution is 2.25. The maximum Gasteiger partial charge on any atom is 0.326 e. The zero-order valence-electron chi connectivity index (χ0n) is 13.5. The minimum Gasteiger partial charge on any atom is -0.480 e. The van der Waals surface area contributed by atoms with Gasteiger partial charge in [-0.25, -0.2) is 4.79 Å². The summed E-state index contributed by atoms with van der Waals surface area (Å²) in [6.07, 6.45) is 0.315. The van der Waals surface area contributed by atoms with Gasteiger partial charge < -0.3 is 10.0 Å². The van der Waals surface area contributed by atoms with Crippen LogP contribution >= 0.6 is 11.6 Å². The number of carbonyl (C=O) groups excluding carboxylic acids is 1. The Morgan fingerprint density at radius 2 is 1.96 bits per heavy atom. The predicted octanol–water partition coefficient (Wildman–Crippen LogP) is 2.19. The number of aryl methyl sites for hydroxylation is 1. The smallest absolute Gasteiger partial charge is 0.326 e. The number of carboxylic acid groups (broad SMARTS) is 1. The molecular weight excluding hydrogens is 330 g/mol.